The number of aliphatic carboxylic acids is 1. The van der Waals surface area contributed by atoms with Gasteiger partial charge in [0.2, 0.25) is 5.91 Å². The van der Waals surface area contributed by atoms with Crippen LogP contribution in [0, 0.1) is 0 Å². The number of carboxylic acids is 1. The third kappa shape index (κ3) is 6.23. The first-order valence-electron chi connectivity index (χ1n) is 6.49. The lowest BCUT2D eigenvalue weighted by molar-refractivity contribution is -0.143. The first-order chi connectivity index (χ1) is 10.4. The zero-order valence-corrected chi connectivity index (χ0v) is 13.6. The molecule has 22 heavy (non-hydrogen) atoms. The van der Waals surface area contributed by atoms with Crippen LogP contribution in [0.25, 0.3) is 0 Å². The molecule has 1 unspecified atom stereocenters. The number of amides is 2. The van der Waals surface area contributed by atoms with Gasteiger partial charge in [0.1, 0.15) is 0 Å². The van der Waals surface area contributed by atoms with E-state index in [9.17, 15) is 14.4 Å². The van der Waals surface area contributed by atoms with E-state index >= 15 is 0 Å². The van der Waals surface area contributed by atoms with E-state index in [-0.39, 0.29) is 25.5 Å². The van der Waals surface area contributed by atoms with Crippen molar-refractivity contribution < 1.29 is 24.2 Å². The first-order valence-corrected chi connectivity index (χ1v) is 7.28. The van der Waals surface area contributed by atoms with Crippen LogP contribution in [-0.2, 0) is 14.3 Å². The molecule has 7 nitrogen and oxygen atoms in total. The van der Waals surface area contributed by atoms with Crippen molar-refractivity contribution in [2.24, 2.45) is 0 Å². The molecule has 0 spiro atoms. The predicted molar refractivity (Wildman–Crippen MR) is 82.5 cm³/mol. The molecule has 0 aliphatic rings. The summed E-state index contributed by atoms with van der Waals surface area (Å²) in [6.45, 7) is -0.00756. The van der Waals surface area contributed by atoms with Crippen LogP contribution in [0.4, 0.5) is 0 Å². The van der Waals surface area contributed by atoms with E-state index in [1.807, 2.05) is 0 Å². The molecule has 1 atom stereocenters. The minimum atomic E-state index is -1.17. The molecular formula is C14H17BrN2O5. The molecule has 0 saturated heterocycles. The molecule has 0 bridgehead atoms. The number of halogens is 1. The largest absolute Gasteiger partial charge is 0.480 e. The Labute approximate surface area is 136 Å². The number of ether oxygens (including phenoxy) is 1. The summed E-state index contributed by atoms with van der Waals surface area (Å²) in [5.74, 6) is -1.94. The third-order valence-electron chi connectivity index (χ3n) is 2.71. The SMILES string of the molecule is COCC(NC(=O)CCNC(=O)c1ccc(Br)cc1)C(=O)O. The van der Waals surface area contributed by atoms with E-state index in [0.29, 0.717) is 5.56 Å². The number of hydrogen-bond donors (Lipinski definition) is 3. The summed E-state index contributed by atoms with van der Waals surface area (Å²) in [6.07, 6.45) is -0.0181. The Kier molecular flexibility index (Phi) is 7.55. The minimum Gasteiger partial charge on any atom is -0.480 e. The fourth-order valence-corrected chi connectivity index (χ4v) is 1.87. The summed E-state index contributed by atoms with van der Waals surface area (Å²) < 4.78 is 5.57. The van der Waals surface area contributed by atoms with Gasteiger partial charge in [-0.1, -0.05) is 15.9 Å². The smallest absolute Gasteiger partial charge is 0.328 e. The molecule has 3 N–H and O–H groups in total. The Balaban J connectivity index is 2.36. The number of benzene rings is 1. The van der Waals surface area contributed by atoms with Crippen molar-refractivity contribution in [1.82, 2.24) is 10.6 Å². The maximum Gasteiger partial charge on any atom is 0.328 e. The number of carboxylic acid groups (broad SMARTS) is 1. The topological polar surface area (TPSA) is 105 Å². The number of carbonyl (C=O) groups is 3. The molecule has 0 radical (unpaired) electrons. The lowest BCUT2D eigenvalue weighted by atomic mass is 10.2. The molecule has 0 heterocycles. The Hall–Kier alpha value is -1.93. The van der Waals surface area contributed by atoms with E-state index < -0.39 is 17.9 Å². The molecule has 1 aromatic rings. The highest BCUT2D eigenvalue weighted by atomic mass is 79.9. The fraction of sp³-hybridized carbons (Fsp3) is 0.357. The summed E-state index contributed by atoms with van der Waals surface area (Å²) in [4.78, 5) is 34.3. The van der Waals surface area contributed by atoms with E-state index in [4.69, 9.17) is 9.84 Å². The summed E-state index contributed by atoms with van der Waals surface area (Å²) in [6, 6.07) is 5.68. The molecular weight excluding hydrogens is 356 g/mol. The normalized spacial score (nSPS) is 11.5. The van der Waals surface area contributed by atoms with Crippen molar-refractivity contribution in [1.29, 1.82) is 0 Å². The summed E-state index contributed by atoms with van der Waals surface area (Å²) in [5, 5.41) is 13.8. The minimum absolute atomic E-state index is 0.0181. The van der Waals surface area contributed by atoms with Crippen molar-refractivity contribution in [3.63, 3.8) is 0 Å². The number of rotatable bonds is 8. The van der Waals surface area contributed by atoms with Gasteiger partial charge in [0, 0.05) is 30.1 Å². The quantitative estimate of drug-likeness (QED) is 0.625. The lowest BCUT2D eigenvalue weighted by Crippen LogP contribution is -2.44. The number of nitrogens with one attached hydrogen (secondary N) is 2. The summed E-state index contributed by atoms with van der Waals surface area (Å²) in [7, 11) is 1.35. The maximum atomic E-state index is 11.8. The van der Waals surface area contributed by atoms with Crippen LogP contribution in [0.5, 0.6) is 0 Å². The van der Waals surface area contributed by atoms with Gasteiger partial charge in [-0.05, 0) is 24.3 Å². The van der Waals surface area contributed by atoms with Gasteiger partial charge in [0.25, 0.3) is 5.91 Å². The Bertz CT molecular complexity index is 533. The van der Waals surface area contributed by atoms with E-state index in [2.05, 4.69) is 26.6 Å². The standard InChI is InChI=1S/C14H17BrN2O5/c1-22-8-11(14(20)21)17-12(18)6-7-16-13(19)9-2-4-10(15)5-3-9/h2-5,11H,6-8H2,1H3,(H,16,19)(H,17,18)(H,20,21). The second kappa shape index (κ2) is 9.16. The average Bonchev–Trinajstić information content (AvgIpc) is 2.47. The Morgan fingerprint density at radius 3 is 2.45 bits per heavy atom. The van der Waals surface area contributed by atoms with E-state index in [0.717, 1.165) is 4.47 Å². The maximum absolute atomic E-state index is 11.8. The van der Waals surface area contributed by atoms with Crippen molar-refractivity contribution in [2.75, 3.05) is 20.3 Å². The molecule has 8 heteroatoms. The highest BCUT2D eigenvalue weighted by molar-refractivity contribution is 9.10. The van der Waals surface area contributed by atoms with Crippen LogP contribution in [0.2, 0.25) is 0 Å². The third-order valence-corrected chi connectivity index (χ3v) is 3.24. The summed E-state index contributed by atoms with van der Waals surface area (Å²) >= 11 is 3.27. The highest BCUT2D eigenvalue weighted by Gasteiger charge is 2.19. The fourth-order valence-electron chi connectivity index (χ4n) is 1.60. The second-order valence-electron chi connectivity index (χ2n) is 4.43. The molecule has 1 aromatic carbocycles. The molecule has 1 rings (SSSR count). The van der Waals surface area contributed by atoms with Crippen LogP contribution in [0.15, 0.2) is 28.7 Å². The van der Waals surface area contributed by atoms with Gasteiger partial charge in [-0.3, -0.25) is 9.59 Å². The van der Waals surface area contributed by atoms with Gasteiger partial charge < -0.3 is 20.5 Å². The van der Waals surface area contributed by atoms with Gasteiger partial charge in [-0.15, -0.1) is 0 Å². The van der Waals surface area contributed by atoms with Crippen molar-refractivity contribution >= 4 is 33.7 Å². The van der Waals surface area contributed by atoms with Gasteiger partial charge >= 0.3 is 5.97 Å². The van der Waals surface area contributed by atoms with Crippen molar-refractivity contribution in [3.8, 4) is 0 Å². The predicted octanol–water partition coefficient (Wildman–Crippen LogP) is 0.785. The van der Waals surface area contributed by atoms with Crippen LogP contribution >= 0.6 is 15.9 Å². The van der Waals surface area contributed by atoms with E-state index in [1.54, 1.807) is 24.3 Å². The molecule has 0 saturated carbocycles. The number of methoxy groups -OCH3 is 1. The molecule has 0 aliphatic heterocycles. The molecule has 0 aliphatic carbocycles. The van der Waals surface area contributed by atoms with Crippen LogP contribution < -0.4 is 10.6 Å². The Morgan fingerprint density at radius 1 is 1.27 bits per heavy atom. The zero-order valence-electron chi connectivity index (χ0n) is 12.0. The van der Waals surface area contributed by atoms with Gasteiger partial charge in [-0.2, -0.15) is 0 Å². The summed E-state index contributed by atoms with van der Waals surface area (Å²) in [5.41, 5.74) is 0.478. The van der Waals surface area contributed by atoms with E-state index in [1.165, 1.54) is 7.11 Å². The van der Waals surface area contributed by atoms with Gasteiger partial charge in [0.15, 0.2) is 6.04 Å². The van der Waals surface area contributed by atoms with Crippen molar-refractivity contribution in [2.45, 2.75) is 12.5 Å². The van der Waals surface area contributed by atoms with Gasteiger partial charge in [0.05, 0.1) is 6.61 Å². The van der Waals surface area contributed by atoms with Crippen LogP contribution in [0.3, 0.4) is 0 Å². The number of hydrogen-bond acceptors (Lipinski definition) is 4. The van der Waals surface area contributed by atoms with Crippen LogP contribution in [0.1, 0.15) is 16.8 Å². The molecule has 120 valence electrons. The first kappa shape index (κ1) is 18.1. The van der Waals surface area contributed by atoms with Crippen molar-refractivity contribution in [3.05, 3.63) is 34.3 Å². The second-order valence-corrected chi connectivity index (χ2v) is 5.34. The molecule has 0 aromatic heterocycles. The highest BCUT2D eigenvalue weighted by Crippen LogP contribution is 2.10. The number of carbonyl (C=O) groups excluding carboxylic acids is 2. The van der Waals surface area contributed by atoms with Crippen LogP contribution in [-0.4, -0.2) is 49.2 Å². The lowest BCUT2D eigenvalue weighted by Gasteiger charge is -2.13. The monoisotopic (exact) mass is 372 g/mol. The molecule has 0 fully saturated rings. The van der Waals surface area contributed by atoms with Gasteiger partial charge in [-0.25, -0.2) is 4.79 Å². The Morgan fingerprint density at radius 2 is 1.91 bits per heavy atom. The average molecular weight is 373 g/mol. The zero-order chi connectivity index (χ0) is 16.5. The molecule has 2 amide bonds.